The van der Waals surface area contributed by atoms with Gasteiger partial charge in [0.1, 0.15) is 11.6 Å². The fourth-order valence-corrected chi connectivity index (χ4v) is 1.15. The van der Waals surface area contributed by atoms with Crippen LogP contribution >= 0.6 is 22.6 Å². The summed E-state index contributed by atoms with van der Waals surface area (Å²) in [5.41, 5.74) is 5.94. The molecule has 0 fully saturated rings. The Balaban J connectivity index is 3.21. The van der Waals surface area contributed by atoms with Crippen LogP contribution in [0.5, 0.6) is 0 Å². The zero-order chi connectivity index (χ0) is 9.30. The summed E-state index contributed by atoms with van der Waals surface area (Å²) >= 11 is 1.62. The fourth-order valence-electron chi connectivity index (χ4n) is 0.838. The molecule has 1 nitrogen and oxygen atoms in total. The third-order valence-corrected chi connectivity index (χ3v) is 2.56. The normalized spacial score (nSPS) is 13.1. The van der Waals surface area contributed by atoms with E-state index in [1.165, 1.54) is 12.1 Å². The second kappa shape index (κ2) is 3.66. The molecular formula is C8H8F2IN. The zero-order valence-electron chi connectivity index (χ0n) is 6.44. The van der Waals surface area contributed by atoms with E-state index >= 15 is 0 Å². The number of hydrogen-bond acceptors (Lipinski definition) is 1. The Hall–Kier alpha value is -0.230. The molecule has 0 radical (unpaired) electrons. The number of halogens is 3. The molecule has 0 saturated carbocycles. The molecule has 0 bridgehead atoms. The molecule has 1 aromatic rings. The van der Waals surface area contributed by atoms with Gasteiger partial charge in [-0.3, -0.25) is 0 Å². The van der Waals surface area contributed by atoms with Crippen molar-refractivity contribution in [3.8, 4) is 0 Å². The van der Waals surface area contributed by atoms with Gasteiger partial charge < -0.3 is 5.73 Å². The average molecular weight is 283 g/mol. The lowest BCUT2D eigenvalue weighted by Gasteiger charge is -2.06. The van der Waals surface area contributed by atoms with Crippen molar-refractivity contribution in [1.82, 2.24) is 0 Å². The van der Waals surface area contributed by atoms with E-state index in [-0.39, 0.29) is 9.61 Å². The third kappa shape index (κ3) is 1.92. The molecule has 12 heavy (non-hydrogen) atoms. The second-order valence-corrected chi connectivity index (χ2v) is 3.67. The predicted octanol–water partition coefficient (Wildman–Crippen LogP) is 2.59. The molecule has 0 aliphatic heterocycles. The van der Waals surface area contributed by atoms with E-state index in [0.717, 1.165) is 0 Å². The monoisotopic (exact) mass is 283 g/mol. The first-order valence-corrected chi connectivity index (χ1v) is 4.50. The van der Waals surface area contributed by atoms with Gasteiger partial charge in [-0.1, -0.05) is 0 Å². The summed E-state index contributed by atoms with van der Waals surface area (Å²) in [6.07, 6.45) is 0. The van der Waals surface area contributed by atoms with Crippen LogP contribution in [0.1, 0.15) is 18.5 Å². The van der Waals surface area contributed by atoms with E-state index in [2.05, 4.69) is 0 Å². The van der Waals surface area contributed by atoms with Crippen LogP contribution in [0.2, 0.25) is 0 Å². The second-order valence-electron chi connectivity index (χ2n) is 2.59. The van der Waals surface area contributed by atoms with E-state index < -0.39 is 11.6 Å². The quantitative estimate of drug-likeness (QED) is 0.622. The van der Waals surface area contributed by atoms with Crippen LogP contribution in [0.4, 0.5) is 8.78 Å². The summed E-state index contributed by atoms with van der Waals surface area (Å²) in [5, 5.41) is 0. The number of benzene rings is 1. The zero-order valence-corrected chi connectivity index (χ0v) is 8.60. The molecule has 0 aromatic heterocycles. The van der Waals surface area contributed by atoms with Gasteiger partial charge in [-0.2, -0.15) is 0 Å². The molecule has 1 aromatic carbocycles. The van der Waals surface area contributed by atoms with E-state index in [4.69, 9.17) is 5.73 Å². The molecule has 0 aliphatic carbocycles. The van der Waals surface area contributed by atoms with Crippen LogP contribution in [-0.4, -0.2) is 0 Å². The van der Waals surface area contributed by atoms with Crippen molar-refractivity contribution in [3.05, 3.63) is 32.9 Å². The molecule has 2 N–H and O–H groups in total. The number of hydrogen-bond donors (Lipinski definition) is 1. The molecule has 1 rings (SSSR count). The molecular weight excluding hydrogens is 275 g/mol. The van der Waals surface area contributed by atoms with Gasteiger partial charge in [0.15, 0.2) is 0 Å². The van der Waals surface area contributed by atoms with Crippen LogP contribution in [0.25, 0.3) is 0 Å². The highest BCUT2D eigenvalue weighted by Gasteiger charge is 2.09. The minimum absolute atomic E-state index is 0.0111. The molecule has 0 heterocycles. The van der Waals surface area contributed by atoms with E-state index in [9.17, 15) is 8.78 Å². The van der Waals surface area contributed by atoms with E-state index in [0.29, 0.717) is 5.56 Å². The lowest BCUT2D eigenvalue weighted by molar-refractivity contribution is 0.563. The lowest BCUT2D eigenvalue weighted by Crippen LogP contribution is -2.06. The first-order valence-electron chi connectivity index (χ1n) is 3.42. The van der Waals surface area contributed by atoms with Crippen molar-refractivity contribution in [3.63, 3.8) is 0 Å². The Bertz CT molecular complexity index is 276. The topological polar surface area (TPSA) is 26.0 Å². The Morgan fingerprint density at radius 2 is 1.75 bits per heavy atom. The van der Waals surface area contributed by atoms with Gasteiger partial charge in [0.05, 0.1) is 3.57 Å². The highest BCUT2D eigenvalue weighted by Crippen LogP contribution is 2.20. The number of rotatable bonds is 1. The van der Waals surface area contributed by atoms with E-state index in [1.807, 2.05) is 0 Å². The lowest BCUT2D eigenvalue weighted by atomic mass is 10.1. The standard InChI is InChI=1S/C8H8F2IN/c1-4(12)5-2-6(9)8(11)7(10)3-5/h2-4H,12H2,1H3/t4-/m1/s1. The van der Waals surface area contributed by atoms with E-state index in [1.54, 1.807) is 29.5 Å². The van der Waals surface area contributed by atoms with Gasteiger partial charge in [-0.25, -0.2) is 8.78 Å². The van der Waals surface area contributed by atoms with Gasteiger partial charge in [0, 0.05) is 6.04 Å². The summed E-state index contributed by atoms with van der Waals surface area (Å²) in [7, 11) is 0. The summed E-state index contributed by atoms with van der Waals surface area (Å²) < 4.78 is 25.8. The van der Waals surface area contributed by atoms with Crippen LogP contribution in [0.15, 0.2) is 12.1 Å². The molecule has 0 amide bonds. The Labute approximate surface area is 83.1 Å². The van der Waals surface area contributed by atoms with Crippen molar-refractivity contribution in [2.24, 2.45) is 5.73 Å². The molecule has 1 atom stereocenters. The predicted molar refractivity (Wildman–Crippen MR) is 51.7 cm³/mol. The molecule has 66 valence electrons. The fraction of sp³-hybridized carbons (Fsp3) is 0.250. The maximum atomic E-state index is 12.9. The van der Waals surface area contributed by atoms with Crippen molar-refractivity contribution in [2.75, 3.05) is 0 Å². The largest absolute Gasteiger partial charge is 0.324 e. The maximum absolute atomic E-state index is 12.9. The Morgan fingerprint density at radius 1 is 1.33 bits per heavy atom. The van der Waals surface area contributed by atoms with Crippen LogP contribution < -0.4 is 5.73 Å². The molecule has 0 aliphatic rings. The molecule has 0 unspecified atom stereocenters. The van der Waals surface area contributed by atoms with Gasteiger partial charge in [0.2, 0.25) is 0 Å². The first-order chi connectivity index (χ1) is 5.52. The van der Waals surface area contributed by atoms with Crippen molar-refractivity contribution in [1.29, 1.82) is 0 Å². The van der Waals surface area contributed by atoms with Crippen LogP contribution in [-0.2, 0) is 0 Å². The summed E-state index contributed by atoms with van der Waals surface area (Å²) in [5.74, 6) is -1.11. The van der Waals surface area contributed by atoms with Crippen molar-refractivity contribution >= 4 is 22.6 Å². The Kier molecular flexibility index (Phi) is 3.00. The summed E-state index contributed by atoms with van der Waals surface area (Å²) in [6, 6.07) is 2.18. The third-order valence-electron chi connectivity index (χ3n) is 1.53. The minimum Gasteiger partial charge on any atom is -0.324 e. The van der Waals surface area contributed by atoms with Gasteiger partial charge in [-0.05, 0) is 47.2 Å². The van der Waals surface area contributed by atoms with Crippen LogP contribution in [0.3, 0.4) is 0 Å². The summed E-state index contributed by atoms with van der Waals surface area (Å²) in [4.78, 5) is 0. The molecule has 0 spiro atoms. The smallest absolute Gasteiger partial charge is 0.139 e. The molecule has 0 saturated heterocycles. The van der Waals surface area contributed by atoms with Crippen molar-refractivity contribution < 1.29 is 8.78 Å². The van der Waals surface area contributed by atoms with Gasteiger partial charge >= 0.3 is 0 Å². The van der Waals surface area contributed by atoms with Crippen LogP contribution in [0, 0.1) is 15.2 Å². The highest BCUT2D eigenvalue weighted by atomic mass is 127. The molecule has 4 heteroatoms. The minimum atomic E-state index is -0.553. The SMILES string of the molecule is C[C@@H](N)c1cc(F)c(I)c(F)c1. The first kappa shape index (κ1) is 9.85. The summed E-state index contributed by atoms with van der Waals surface area (Å²) in [6.45, 7) is 1.68. The van der Waals surface area contributed by atoms with Gasteiger partial charge in [-0.15, -0.1) is 0 Å². The number of nitrogens with two attached hydrogens (primary N) is 1. The highest BCUT2D eigenvalue weighted by molar-refractivity contribution is 14.1. The van der Waals surface area contributed by atoms with Gasteiger partial charge in [0.25, 0.3) is 0 Å². The Morgan fingerprint density at radius 3 is 2.08 bits per heavy atom. The maximum Gasteiger partial charge on any atom is 0.139 e. The van der Waals surface area contributed by atoms with Crippen molar-refractivity contribution in [2.45, 2.75) is 13.0 Å². The average Bonchev–Trinajstić information content (AvgIpc) is 1.99.